The number of hydrogen-bond acceptors (Lipinski definition) is 2. The van der Waals surface area contributed by atoms with E-state index in [0.29, 0.717) is 4.99 Å². The Hall–Kier alpha value is -1.09. The highest BCUT2D eigenvalue weighted by Gasteiger charge is 1.87. The molecule has 0 aromatic carbocycles. The van der Waals surface area contributed by atoms with Crippen molar-refractivity contribution < 1.29 is 4.42 Å². The Kier molecular flexibility index (Phi) is 2.86. The van der Waals surface area contributed by atoms with Gasteiger partial charge in [0.1, 0.15) is 5.76 Å². The summed E-state index contributed by atoms with van der Waals surface area (Å²) in [6.07, 6.45) is 5.23. The lowest BCUT2D eigenvalue weighted by Gasteiger charge is -1.91. The molecule has 11 heavy (non-hydrogen) atoms. The first-order chi connectivity index (χ1) is 5.33. The highest BCUT2D eigenvalue weighted by Crippen LogP contribution is 2.01. The van der Waals surface area contributed by atoms with Crippen molar-refractivity contribution in [2.75, 3.05) is 7.05 Å². The van der Waals surface area contributed by atoms with Gasteiger partial charge < -0.3 is 9.73 Å². The highest BCUT2D eigenvalue weighted by molar-refractivity contribution is 7.80. The fraction of sp³-hybridized carbons (Fsp3) is 0.125. The Bertz CT molecular complexity index is 251. The number of hydrogen-bond donors (Lipinski definition) is 1. The van der Waals surface area contributed by atoms with Crippen LogP contribution in [0, 0.1) is 0 Å². The van der Waals surface area contributed by atoms with Gasteiger partial charge in [-0.25, -0.2) is 0 Å². The van der Waals surface area contributed by atoms with Crippen LogP contribution in [0.1, 0.15) is 5.76 Å². The van der Waals surface area contributed by atoms with Crippen molar-refractivity contribution in [2.24, 2.45) is 0 Å². The zero-order chi connectivity index (χ0) is 8.10. The molecule has 0 aliphatic heterocycles. The van der Waals surface area contributed by atoms with Gasteiger partial charge in [0.2, 0.25) is 0 Å². The minimum absolute atomic E-state index is 0.696. The predicted molar refractivity (Wildman–Crippen MR) is 49.4 cm³/mol. The van der Waals surface area contributed by atoms with Crippen LogP contribution in [0.2, 0.25) is 0 Å². The molecular weight excluding hydrogens is 158 g/mol. The van der Waals surface area contributed by atoms with Gasteiger partial charge in [-0.05, 0) is 24.3 Å². The van der Waals surface area contributed by atoms with E-state index in [4.69, 9.17) is 16.6 Å². The zero-order valence-electron chi connectivity index (χ0n) is 6.20. The second kappa shape index (κ2) is 3.93. The van der Waals surface area contributed by atoms with Gasteiger partial charge in [-0.3, -0.25) is 0 Å². The van der Waals surface area contributed by atoms with Crippen molar-refractivity contribution in [2.45, 2.75) is 0 Å². The van der Waals surface area contributed by atoms with E-state index < -0.39 is 0 Å². The van der Waals surface area contributed by atoms with E-state index in [9.17, 15) is 0 Å². The molecule has 2 nitrogen and oxygen atoms in total. The van der Waals surface area contributed by atoms with Crippen LogP contribution in [0.4, 0.5) is 0 Å². The van der Waals surface area contributed by atoms with Gasteiger partial charge in [-0.15, -0.1) is 0 Å². The summed E-state index contributed by atoms with van der Waals surface area (Å²) in [5, 5.41) is 2.83. The molecule has 1 aromatic rings. The molecule has 0 atom stereocenters. The number of rotatable bonds is 2. The molecule has 1 aromatic heterocycles. The fourth-order valence-electron chi connectivity index (χ4n) is 0.627. The average molecular weight is 167 g/mol. The van der Waals surface area contributed by atoms with E-state index in [1.54, 1.807) is 19.4 Å². The summed E-state index contributed by atoms with van der Waals surface area (Å²) >= 11 is 4.89. The predicted octanol–water partition coefficient (Wildman–Crippen LogP) is 1.84. The molecule has 0 amide bonds. The SMILES string of the molecule is CNC(=S)/C=C/c1ccco1. The second-order valence-electron chi connectivity index (χ2n) is 1.96. The van der Waals surface area contributed by atoms with Gasteiger partial charge in [-0.2, -0.15) is 0 Å². The molecule has 0 fully saturated rings. The van der Waals surface area contributed by atoms with Gasteiger partial charge in [0.25, 0.3) is 0 Å². The van der Waals surface area contributed by atoms with Gasteiger partial charge in [-0.1, -0.05) is 12.2 Å². The fourth-order valence-corrected chi connectivity index (χ4v) is 0.695. The molecule has 0 radical (unpaired) electrons. The number of thiocarbonyl (C=S) groups is 1. The highest BCUT2D eigenvalue weighted by atomic mass is 32.1. The summed E-state index contributed by atoms with van der Waals surface area (Å²) in [5.41, 5.74) is 0. The molecule has 0 unspecified atom stereocenters. The van der Waals surface area contributed by atoms with Crippen LogP contribution in [-0.4, -0.2) is 12.0 Å². The summed E-state index contributed by atoms with van der Waals surface area (Å²) in [7, 11) is 1.79. The minimum Gasteiger partial charge on any atom is -0.465 e. The lowest BCUT2D eigenvalue weighted by molar-refractivity contribution is 0.557. The largest absolute Gasteiger partial charge is 0.465 e. The first kappa shape index (κ1) is 8.01. The van der Waals surface area contributed by atoms with Crippen LogP contribution < -0.4 is 5.32 Å². The third kappa shape index (κ3) is 2.55. The van der Waals surface area contributed by atoms with Gasteiger partial charge in [0.15, 0.2) is 0 Å². The Morgan fingerprint density at radius 3 is 3.09 bits per heavy atom. The van der Waals surface area contributed by atoms with E-state index >= 15 is 0 Å². The van der Waals surface area contributed by atoms with Crippen LogP contribution in [0.15, 0.2) is 28.9 Å². The smallest absolute Gasteiger partial charge is 0.126 e. The Balaban J connectivity index is 2.55. The Morgan fingerprint density at radius 1 is 1.73 bits per heavy atom. The van der Waals surface area contributed by atoms with Crippen molar-refractivity contribution in [1.29, 1.82) is 0 Å². The average Bonchev–Trinajstić information content (AvgIpc) is 2.52. The first-order valence-corrected chi connectivity index (χ1v) is 3.67. The monoisotopic (exact) mass is 167 g/mol. The van der Waals surface area contributed by atoms with Crippen LogP contribution in [0.3, 0.4) is 0 Å². The molecule has 3 heteroatoms. The standard InChI is InChI=1S/C8H9NOS/c1-9-8(11)5-4-7-3-2-6-10-7/h2-6H,1H3,(H,9,11)/b5-4+. The summed E-state index contributed by atoms with van der Waals surface area (Å²) in [5.74, 6) is 0.808. The molecule has 0 aliphatic rings. The number of furan rings is 1. The summed E-state index contributed by atoms with van der Waals surface area (Å²) < 4.78 is 5.05. The Labute approximate surface area is 70.9 Å². The number of likely N-dealkylation sites (N-methyl/N-ethyl adjacent to an activating group) is 1. The van der Waals surface area contributed by atoms with Crippen LogP contribution in [-0.2, 0) is 0 Å². The van der Waals surface area contributed by atoms with Crippen molar-refractivity contribution in [3.8, 4) is 0 Å². The molecule has 1 N–H and O–H groups in total. The molecule has 1 rings (SSSR count). The maximum Gasteiger partial charge on any atom is 0.126 e. The molecule has 58 valence electrons. The molecule has 0 aliphatic carbocycles. The quantitative estimate of drug-likeness (QED) is 0.537. The summed E-state index contributed by atoms with van der Waals surface area (Å²) in [6, 6.07) is 3.71. The lowest BCUT2D eigenvalue weighted by atomic mass is 10.4. The Morgan fingerprint density at radius 2 is 2.55 bits per heavy atom. The minimum atomic E-state index is 0.696. The zero-order valence-corrected chi connectivity index (χ0v) is 7.02. The van der Waals surface area contributed by atoms with E-state index in [2.05, 4.69) is 5.32 Å². The maximum atomic E-state index is 5.05. The molecule has 0 saturated heterocycles. The normalized spacial score (nSPS) is 10.3. The first-order valence-electron chi connectivity index (χ1n) is 3.26. The third-order valence-corrected chi connectivity index (χ3v) is 1.53. The van der Waals surface area contributed by atoms with E-state index in [1.165, 1.54) is 0 Å². The molecule has 1 heterocycles. The third-order valence-electron chi connectivity index (χ3n) is 1.19. The van der Waals surface area contributed by atoms with Crippen molar-refractivity contribution >= 4 is 23.3 Å². The van der Waals surface area contributed by atoms with E-state index in [0.717, 1.165) is 5.76 Å². The van der Waals surface area contributed by atoms with Gasteiger partial charge in [0, 0.05) is 7.05 Å². The number of nitrogens with one attached hydrogen (secondary N) is 1. The molecular formula is C8H9NOS. The molecule has 0 saturated carbocycles. The maximum absolute atomic E-state index is 5.05. The lowest BCUT2D eigenvalue weighted by Crippen LogP contribution is -2.11. The summed E-state index contributed by atoms with van der Waals surface area (Å²) in [6.45, 7) is 0. The van der Waals surface area contributed by atoms with Crippen LogP contribution in [0.25, 0.3) is 6.08 Å². The van der Waals surface area contributed by atoms with Crippen molar-refractivity contribution in [3.63, 3.8) is 0 Å². The van der Waals surface area contributed by atoms with Crippen LogP contribution >= 0.6 is 12.2 Å². The summed E-state index contributed by atoms with van der Waals surface area (Å²) in [4.78, 5) is 0.696. The van der Waals surface area contributed by atoms with Gasteiger partial charge in [0.05, 0.1) is 11.3 Å². The topological polar surface area (TPSA) is 25.2 Å². The van der Waals surface area contributed by atoms with Crippen LogP contribution in [0.5, 0.6) is 0 Å². The molecule has 0 spiro atoms. The van der Waals surface area contributed by atoms with Crippen molar-refractivity contribution in [3.05, 3.63) is 30.2 Å². The van der Waals surface area contributed by atoms with Gasteiger partial charge >= 0.3 is 0 Å². The second-order valence-corrected chi connectivity index (χ2v) is 2.40. The van der Waals surface area contributed by atoms with E-state index in [1.807, 2.05) is 18.2 Å². The van der Waals surface area contributed by atoms with Crippen molar-refractivity contribution in [1.82, 2.24) is 5.32 Å². The molecule has 0 bridgehead atoms. The van der Waals surface area contributed by atoms with E-state index in [-0.39, 0.29) is 0 Å².